The number of hydrogen-bond donors (Lipinski definition) is 0. The molecule has 10 heteroatoms. The summed E-state index contributed by atoms with van der Waals surface area (Å²) in [5.41, 5.74) is 2.20. The first-order valence-electron chi connectivity index (χ1n) is 10.8. The van der Waals surface area contributed by atoms with E-state index in [0.717, 1.165) is 82.8 Å². The highest BCUT2D eigenvalue weighted by atomic mass is 32.2. The molecule has 0 aromatic carbocycles. The van der Waals surface area contributed by atoms with E-state index >= 15 is 0 Å². The minimum Gasteiger partial charge on any atom is -0.469 e. The van der Waals surface area contributed by atoms with Gasteiger partial charge >= 0.3 is 0 Å². The highest BCUT2D eigenvalue weighted by Crippen LogP contribution is 2.38. The number of thiophene rings is 1. The van der Waals surface area contributed by atoms with E-state index in [9.17, 15) is 0 Å². The molecule has 8 nitrogen and oxygen atoms in total. The maximum atomic E-state index is 5.49. The summed E-state index contributed by atoms with van der Waals surface area (Å²) in [6, 6.07) is 1.94. The van der Waals surface area contributed by atoms with Gasteiger partial charge in [0, 0.05) is 29.9 Å². The van der Waals surface area contributed by atoms with Crippen molar-refractivity contribution in [2.75, 3.05) is 26.3 Å². The first-order valence-corrected chi connectivity index (χ1v) is 12.4. The minimum atomic E-state index is 0.725. The highest BCUT2D eigenvalue weighted by molar-refractivity contribution is 7.99. The number of fused-ring (bicyclic) bond motifs is 1. The van der Waals surface area contributed by atoms with Crippen molar-refractivity contribution in [2.45, 2.75) is 51.0 Å². The van der Waals surface area contributed by atoms with Gasteiger partial charge in [0.1, 0.15) is 21.4 Å². The molecule has 0 N–H and O–H groups in total. The Labute approximate surface area is 195 Å². The van der Waals surface area contributed by atoms with Gasteiger partial charge in [-0.2, -0.15) is 0 Å². The quantitative estimate of drug-likeness (QED) is 0.382. The third kappa shape index (κ3) is 3.96. The molecule has 0 spiro atoms. The molecule has 0 atom stereocenters. The molecule has 0 radical (unpaired) electrons. The number of aryl methyl sites for hydroxylation is 3. The van der Waals surface area contributed by atoms with Gasteiger partial charge < -0.3 is 13.7 Å². The van der Waals surface area contributed by atoms with Crippen LogP contribution in [0.1, 0.15) is 28.9 Å². The maximum Gasteiger partial charge on any atom is 0.197 e. The van der Waals surface area contributed by atoms with Crippen LogP contribution in [0.15, 0.2) is 26.9 Å². The van der Waals surface area contributed by atoms with Crippen molar-refractivity contribution in [1.29, 1.82) is 0 Å². The van der Waals surface area contributed by atoms with Crippen LogP contribution in [0.4, 0.5) is 0 Å². The molecule has 5 rings (SSSR count). The van der Waals surface area contributed by atoms with Gasteiger partial charge in [-0.1, -0.05) is 0 Å². The Morgan fingerprint density at radius 3 is 2.66 bits per heavy atom. The number of ether oxygens (including phenoxy) is 1. The standard InChI is InChI=1S/C22H26N6O2S2/c1-5-28-19(16-6-9-30-14(16)3)25-26-22(28)32-21-18-13(2)15(4)31-20(18)23-17(24-21)12-27-7-10-29-11-8-27/h6,9H,5,7-8,10-12H2,1-4H3. The van der Waals surface area contributed by atoms with Crippen LogP contribution in [0.5, 0.6) is 0 Å². The summed E-state index contributed by atoms with van der Waals surface area (Å²) in [5.74, 6) is 2.50. The first-order chi connectivity index (χ1) is 15.5. The Bertz CT molecular complexity index is 1260. The number of morpholine rings is 1. The smallest absolute Gasteiger partial charge is 0.197 e. The van der Waals surface area contributed by atoms with Crippen LogP contribution in [0.3, 0.4) is 0 Å². The third-order valence-corrected chi connectivity index (χ3v) is 7.91. The van der Waals surface area contributed by atoms with Crippen LogP contribution < -0.4 is 0 Å². The van der Waals surface area contributed by atoms with E-state index in [1.165, 1.54) is 10.4 Å². The maximum absolute atomic E-state index is 5.49. The lowest BCUT2D eigenvalue weighted by Crippen LogP contribution is -2.36. The number of hydrogen-bond acceptors (Lipinski definition) is 9. The zero-order valence-corrected chi connectivity index (χ0v) is 20.3. The van der Waals surface area contributed by atoms with Gasteiger partial charge in [-0.3, -0.25) is 4.90 Å². The van der Waals surface area contributed by atoms with Crippen molar-refractivity contribution >= 4 is 33.3 Å². The molecular formula is C22H26N6O2S2. The van der Waals surface area contributed by atoms with Crippen LogP contribution in [-0.2, 0) is 17.8 Å². The number of nitrogens with zero attached hydrogens (tertiary/aromatic N) is 6. The molecule has 0 saturated carbocycles. The second-order valence-electron chi connectivity index (χ2n) is 7.84. The van der Waals surface area contributed by atoms with Gasteiger partial charge in [0.15, 0.2) is 11.0 Å². The van der Waals surface area contributed by atoms with E-state index in [2.05, 4.69) is 40.4 Å². The Morgan fingerprint density at radius 1 is 1.12 bits per heavy atom. The first kappa shape index (κ1) is 21.6. The molecule has 4 aromatic rings. The second kappa shape index (κ2) is 8.93. The average molecular weight is 471 g/mol. The molecule has 0 bridgehead atoms. The summed E-state index contributed by atoms with van der Waals surface area (Å²) in [6.45, 7) is 13.2. The molecule has 0 unspecified atom stereocenters. The SMILES string of the molecule is CCn1c(Sc2nc(CN3CCOCC3)nc3sc(C)c(C)c23)nnc1-c1ccoc1C. The molecule has 1 fully saturated rings. The summed E-state index contributed by atoms with van der Waals surface area (Å²) in [5, 5.41) is 11.9. The molecule has 1 saturated heterocycles. The molecule has 1 aliphatic rings. The van der Waals surface area contributed by atoms with Crippen LogP contribution in [0.25, 0.3) is 21.6 Å². The molecule has 0 aliphatic carbocycles. The van der Waals surface area contributed by atoms with Crippen molar-refractivity contribution in [3.8, 4) is 11.4 Å². The lowest BCUT2D eigenvalue weighted by atomic mass is 10.2. The number of aromatic nitrogens is 5. The lowest BCUT2D eigenvalue weighted by Gasteiger charge is -2.25. The zero-order valence-electron chi connectivity index (χ0n) is 18.7. The van der Waals surface area contributed by atoms with E-state index in [-0.39, 0.29) is 0 Å². The lowest BCUT2D eigenvalue weighted by molar-refractivity contribution is 0.0330. The molecular weight excluding hydrogens is 444 g/mol. The molecule has 32 heavy (non-hydrogen) atoms. The summed E-state index contributed by atoms with van der Waals surface area (Å²) in [6.07, 6.45) is 1.69. The van der Waals surface area contributed by atoms with Crippen LogP contribution in [0, 0.1) is 20.8 Å². The van der Waals surface area contributed by atoms with E-state index in [1.54, 1.807) is 29.4 Å². The highest BCUT2D eigenvalue weighted by Gasteiger charge is 2.22. The average Bonchev–Trinajstić information content (AvgIpc) is 3.46. The van der Waals surface area contributed by atoms with Gasteiger partial charge in [0.2, 0.25) is 0 Å². The molecule has 168 valence electrons. The monoisotopic (exact) mass is 470 g/mol. The van der Waals surface area contributed by atoms with Crippen LogP contribution in [-0.4, -0.2) is 55.9 Å². The molecule has 0 amide bonds. The molecule has 4 aromatic heterocycles. The summed E-state index contributed by atoms with van der Waals surface area (Å²) in [4.78, 5) is 14.6. The second-order valence-corrected chi connectivity index (χ2v) is 10.00. The number of furan rings is 1. The fourth-order valence-corrected chi connectivity index (χ4v) is 6.11. The summed E-state index contributed by atoms with van der Waals surface area (Å²) < 4.78 is 13.1. The van der Waals surface area contributed by atoms with Gasteiger partial charge in [-0.25, -0.2) is 9.97 Å². The van der Waals surface area contributed by atoms with E-state index in [4.69, 9.17) is 19.1 Å². The normalized spacial score (nSPS) is 15.1. The van der Waals surface area contributed by atoms with E-state index < -0.39 is 0 Å². The third-order valence-electron chi connectivity index (χ3n) is 5.83. The van der Waals surface area contributed by atoms with E-state index in [1.807, 2.05) is 13.0 Å². The van der Waals surface area contributed by atoms with Crippen molar-refractivity contribution in [3.63, 3.8) is 0 Å². The van der Waals surface area contributed by atoms with Crippen LogP contribution >= 0.6 is 23.1 Å². The predicted octanol–water partition coefficient (Wildman–Crippen LogP) is 4.47. The predicted molar refractivity (Wildman–Crippen MR) is 125 cm³/mol. The van der Waals surface area contributed by atoms with Gasteiger partial charge in [0.25, 0.3) is 0 Å². The van der Waals surface area contributed by atoms with Crippen molar-refractivity contribution in [2.24, 2.45) is 0 Å². The molecule has 5 heterocycles. The summed E-state index contributed by atoms with van der Waals surface area (Å²) in [7, 11) is 0. The van der Waals surface area contributed by atoms with Crippen LogP contribution in [0.2, 0.25) is 0 Å². The van der Waals surface area contributed by atoms with Gasteiger partial charge in [-0.05, 0) is 51.1 Å². The Kier molecular flexibility index (Phi) is 6.02. The van der Waals surface area contributed by atoms with Crippen molar-refractivity contribution < 1.29 is 9.15 Å². The minimum absolute atomic E-state index is 0.725. The Hall–Kier alpha value is -2.27. The van der Waals surface area contributed by atoms with Gasteiger partial charge in [-0.15, -0.1) is 21.5 Å². The topological polar surface area (TPSA) is 82.1 Å². The fourth-order valence-electron chi connectivity index (χ4n) is 3.91. The summed E-state index contributed by atoms with van der Waals surface area (Å²) >= 11 is 3.30. The number of rotatable bonds is 6. The van der Waals surface area contributed by atoms with Gasteiger partial charge in [0.05, 0.1) is 31.6 Å². The van der Waals surface area contributed by atoms with Crippen molar-refractivity contribution in [1.82, 2.24) is 29.6 Å². The molecule has 1 aliphatic heterocycles. The fraction of sp³-hybridized carbons (Fsp3) is 0.455. The Balaban J connectivity index is 1.54. The largest absolute Gasteiger partial charge is 0.469 e. The van der Waals surface area contributed by atoms with Crippen molar-refractivity contribution in [3.05, 3.63) is 34.4 Å². The van der Waals surface area contributed by atoms with E-state index in [0.29, 0.717) is 0 Å². The zero-order chi connectivity index (χ0) is 22.2. The Morgan fingerprint density at radius 2 is 1.94 bits per heavy atom.